The fraction of sp³-hybridized carbons (Fsp3) is 0.778. The van der Waals surface area contributed by atoms with Crippen LogP contribution in [0.15, 0.2) is 4.42 Å². The van der Waals surface area contributed by atoms with E-state index in [-0.39, 0.29) is 17.7 Å². The highest BCUT2D eigenvalue weighted by Crippen LogP contribution is 2.34. The van der Waals surface area contributed by atoms with Crippen molar-refractivity contribution < 1.29 is 24.1 Å². The van der Waals surface area contributed by atoms with E-state index in [1.165, 1.54) is 0 Å². The van der Waals surface area contributed by atoms with Gasteiger partial charge in [-0.25, -0.2) is 0 Å². The molecule has 0 aromatic carbocycles. The van der Waals surface area contributed by atoms with E-state index in [0.717, 1.165) is 12.8 Å². The van der Waals surface area contributed by atoms with Crippen LogP contribution >= 0.6 is 0 Å². The molecule has 0 radical (unpaired) electrons. The summed E-state index contributed by atoms with van der Waals surface area (Å²) < 4.78 is 5.40. The summed E-state index contributed by atoms with van der Waals surface area (Å²) in [6.45, 7) is 6.20. The summed E-state index contributed by atoms with van der Waals surface area (Å²) in [5.74, 6) is -0.412. The van der Waals surface area contributed by atoms with Gasteiger partial charge < -0.3 is 30.0 Å². The second-order valence-electron chi connectivity index (χ2n) is 8.50. The molecular weight excluding hydrogens is 377 g/mol. The fourth-order valence-electron chi connectivity index (χ4n) is 3.52. The highest BCUT2D eigenvalue weighted by Gasteiger charge is 2.40. The lowest BCUT2D eigenvalue weighted by atomic mass is 9.75. The Morgan fingerprint density at radius 3 is 2.45 bits per heavy atom. The molecule has 1 aromatic rings. The average Bonchev–Trinajstić information content (AvgIpc) is 3.32. The zero-order valence-electron chi connectivity index (χ0n) is 17.2. The molecule has 1 aliphatic carbocycles. The lowest BCUT2D eigenvalue weighted by Gasteiger charge is -2.38. The summed E-state index contributed by atoms with van der Waals surface area (Å²) in [5.41, 5.74) is 0. The number of aryl methyl sites for hydroxylation is 1. The van der Waals surface area contributed by atoms with E-state index < -0.39 is 25.1 Å². The number of aromatic nitrogens is 2. The molecule has 4 N–H and O–H groups in total. The number of anilines is 1. The summed E-state index contributed by atoms with van der Waals surface area (Å²) in [5, 5.41) is 32.5. The third-order valence-corrected chi connectivity index (χ3v) is 5.40. The molecule has 0 bridgehead atoms. The molecule has 29 heavy (non-hydrogen) atoms. The van der Waals surface area contributed by atoms with Gasteiger partial charge in [0.15, 0.2) is 0 Å². The molecule has 1 saturated carbocycles. The van der Waals surface area contributed by atoms with Crippen molar-refractivity contribution in [1.29, 1.82) is 0 Å². The Kier molecular flexibility index (Phi) is 6.79. The molecule has 1 saturated heterocycles. The van der Waals surface area contributed by atoms with Crippen LogP contribution in [0.4, 0.5) is 6.01 Å². The van der Waals surface area contributed by atoms with E-state index in [1.807, 2.05) is 13.8 Å². The Balaban J connectivity index is 1.62. The SMILES string of the molecule is Cc1nnc(N2CCC2C(=O)NC(CC2CC2)C(=O)NC(CC(C)C)B(O)O)o1. The van der Waals surface area contributed by atoms with Crippen LogP contribution in [-0.2, 0) is 9.59 Å². The molecule has 3 atom stereocenters. The van der Waals surface area contributed by atoms with Crippen LogP contribution in [0, 0.1) is 18.8 Å². The first kappa shape index (κ1) is 21.6. The van der Waals surface area contributed by atoms with Gasteiger partial charge in [-0.2, -0.15) is 0 Å². The zero-order valence-corrected chi connectivity index (χ0v) is 17.2. The molecule has 2 fully saturated rings. The van der Waals surface area contributed by atoms with Crippen LogP contribution in [0.3, 0.4) is 0 Å². The molecule has 3 unspecified atom stereocenters. The minimum atomic E-state index is -1.65. The molecule has 2 amide bonds. The minimum Gasteiger partial charge on any atom is -0.426 e. The first-order valence-corrected chi connectivity index (χ1v) is 10.3. The van der Waals surface area contributed by atoms with Gasteiger partial charge in [-0.05, 0) is 31.1 Å². The first-order valence-electron chi connectivity index (χ1n) is 10.3. The number of carbonyl (C=O) groups is 2. The molecule has 10 nitrogen and oxygen atoms in total. The van der Waals surface area contributed by atoms with Crippen molar-refractivity contribution in [2.75, 3.05) is 11.4 Å². The lowest BCUT2D eigenvalue weighted by molar-refractivity contribution is -0.130. The highest BCUT2D eigenvalue weighted by atomic mass is 16.4. The maximum absolute atomic E-state index is 12.8. The number of hydrogen-bond acceptors (Lipinski definition) is 8. The van der Waals surface area contributed by atoms with E-state index in [9.17, 15) is 19.6 Å². The van der Waals surface area contributed by atoms with Crippen molar-refractivity contribution in [3.8, 4) is 0 Å². The molecule has 2 aliphatic rings. The third kappa shape index (κ3) is 5.69. The zero-order chi connectivity index (χ0) is 21.1. The van der Waals surface area contributed by atoms with Gasteiger partial charge in [0.2, 0.25) is 17.7 Å². The maximum Gasteiger partial charge on any atom is 0.475 e. The number of rotatable bonds is 10. The molecular formula is C18H30BN5O5. The Hall–Kier alpha value is -2.14. The topological polar surface area (TPSA) is 141 Å². The van der Waals surface area contributed by atoms with Crippen LogP contribution in [0.2, 0.25) is 0 Å². The summed E-state index contributed by atoms with van der Waals surface area (Å²) in [7, 11) is -1.65. The second kappa shape index (κ2) is 9.12. The molecule has 0 spiro atoms. The second-order valence-corrected chi connectivity index (χ2v) is 8.50. The summed E-state index contributed by atoms with van der Waals surface area (Å²) >= 11 is 0. The van der Waals surface area contributed by atoms with Crippen LogP contribution in [0.1, 0.15) is 51.8 Å². The van der Waals surface area contributed by atoms with Crippen LogP contribution in [-0.4, -0.2) is 63.7 Å². The quantitative estimate of drug-likeness (QED) is 0.391. The van der Waals surface area contributed by atoms with Gasteiger partial charge in [0.25, 0.3) is 0 Å². The largest absolute Gasteiger partial charge is 0.475 e. The Bertz CT molecular complexity index is 723. The predicted octanol–water partition coefficient (Wildman–Crippen LogP) is -0.215. The van der Waals surface area contributed by atoms with Gasteiger partial charge in [0.1, 0.15) is 12.1 Å². The van der Waals surface area contributed by atoms with Gasteiger partial charge in [-0.15, -0.1) is 5.10 Å². The smallest absolute Gasteiger partial charge is 0.426 e. The van der Waals surface area contributed by atoms with Gasteiger partial charge in [0.05, 0.1) is 5.94 Å². The minimum absolute atomic E-state index is 0.181. The van der Waals surface area contributed by atoms with E-state index in [4.69, 9.17) is 4.42 Å². The third-order valence-electron chi connectivity index (χ3n) is 5.40. The van der Waals surface area contributed by atoms with Crippen molar-refractivity contribution >= 4 is 24.9 Å². The molecule has 3 rings (SSSR count). The summed E-state index contributed by atoms with van der Waals surface area (Å²) in [6.07, 6.45) is 3.68. The Morgan fingerprint density at radius 2 is 1.97 bits per heavy atom. The standard InChI is InChI=1S/C18H30BN5O5/c1-10(2)8-15(19(27)28)21-16(25)13(9-12-4-5-12)20-17(26)14-6-7-24(14)18-23-22-11(3)29-18/h10,12-15,27-28H,4-9H2,1-3H3,(H,20,26)(H,21,25). The monoisotopic (exact) mass is 407 g/mol. The summed E-state index contributed by atoms with van der Waals surface area (Å²) in [6, 6.07) is -0.868. The molecule has 11 heteroatoms. The first-order chi connectivity index (χ1) is 13.7. The van der Waals surface area contributed by atoms with Gasteiger partial charge in [-0.1, -0.05) is 31.8 Å². The Labute approximate surface area is 170 Å². The van der Waals surface area contributed by atoms with Crippen molar-refractivity contribution in [2.45, 2.75) is 70.9 Å². The van der Waals surface area contributed by atoms with Crippen molar-refractivity contribution in [2.24, 2.45) is 11.8 Å². The van der Waals surface area contributed by atoms with Gasteiger partial charge in [0, 0.05) is 13.5 Å². The average molecular weight is 407 g/mol. The van der Waals surface area contributed by atoms with Crippen LogP contribution < -0.4 is 15.5 Å². The van der Waals surface area contributed by atoms with Crippen LogP contribution in [0.25, 0.3) is 0 Å². The molecule has 1 aromatic heterocycles. The van der Waals surface area contributed by atoms with E-state index in [0.29, 0.717) is 43.6 Å². The number of hydrogen-bond donors (Lipinski definition) is 4. The van der Waals surface area contributed by atoms with E-state index in [2.05, 4.69) is 20.8 Å². The Morgan fingerprint density at radius 1 is 1.24 bits per heavy atom. The summed E-state index contributed by atoms with van der Waals surface area (Å²) in [4.78, 5) is 27.4. The van der Waals surface area contributed by atoms with Crippen molar-refractivity contribution in [3.63, 3.8) is 0 Å². The number of carbonyl (C=O) groups excluding carboxylic acids is 2. The lowest BCUT2D eigenvalue weighted by Crippen LogP contribution is -2.61. The number of amides is 2. The van der Waals surface area contributed by atoms with Gasteiger partial charge >= 0.3 is 13.1 Å². The maximum atomic E-state index is 12.8. The van der Waals surface area contributed by atoms with E-state index in [1.54, 1.807) is 11.8 Å². The normalized spacial score (nSPS) is 20.8. The predicted molar refractivity (Wildman–Crippen MR) is 106 cm³/mol. The molecule has 160 valence electrons. The van der Waals surface area contributed by atoms with Gasteiger partial charge in [-0.3, -0.25) is 9.59 Å². The van der Waals surface area contributed by atoms with E-state index >= 15 is 0 Å². The number of nitrogens with one attached hydrogen (secondary N) is 2. The van der Waals surface area contributed by atoms with Crippen molar-refractivity contribution in [1.82, 2.24) is 20.8 Å². The van der Waals surface area contributed by atoms with Crippen molar-refractivity contribution in [3.05, 3.63) is 5.89 Å². The highest BCUT2D eigenvalue weighted by molar-refractivity contribution is 6.43. The molecule has 2 heterocycles. The molecule has 1 aliphatic heterocycles. The number of nitrogens with zero attached hydrogens (tertiary/aromatic N) is 3. The van der Waals surface area contributed by atoms with Crippen LogP contribution in [0.5, 0.6) is 0 Å². The fourth-order valence-corrected chi connectivity index (χ4v) is 3.52.